The van der Waals surface area contributed by atoms with Crippen LogP contribution < -0.4 is 24.3 Å². The van der Waals surface area contributed by atoms with E-state index < -0.39 is 0 Å². The van der Waals surface area contributed by atoms with Crippen LogP contribution in [0.25, 0.3) is 17.0 Å². The molecule has 1 aromatic heterocycles. The van der Waals surface area contributed by atoms with E-state index >= 15 is 0 Å². The van der Waals surface area contributed by atoms with Gasteiger partial charge in [0.25, 0.3) is 0 Å². The van der Waals surface area contributed by atoms with Gasteiger partial charge >= 0.3 is 0 Å². The third-order valence-corrected chi connectivity index (χ3v) is 5.90. The standard InChI is InChI=1S/C29H27ClN2O5/c1-34-21-7-9-23(28(18-21)35-2)26(33)10-4-19-5-11-27(29(16-19)36-3)37-15-14-32-24-12-13-31-25-17-20(30)6-8-22(24)25/h4-13,16-18H,14-15H2,1-3H3,(H,31,32)/b10-4+. The van der Waals surface area contributed by atoms with Gasteiger partial charge in [-0.1, -0.05) is 23.7 Å². The average molecular weight is 519 g/mol. The van der Waals surface area contributed by atoms with Crippen LogP contribution in [0.2, 0.25) is 5.02 Å². The minimum Gasteiger partial charge on any atom is -0.497 e. The number of anilines is 1. The van der Waals surface area contributed by atoms with Crippen LogP contribution in [0.3, 0.4) is 0 Å². The number of carbonyl (C=O) groups is 1. The van der Waals surface area contributed by atoms with Gasteiger partial charge in [-0.05, 0) is 60.2 Å². The first-order valence-electron chi connectivity index (χ1n) is 11.6. The second-order valence-corrected chi connectivity index (χ2v) is 8.41. The first-order chi connectivity index (χ1) is 18.0. The Bertz CT molecular complexity index is 1440. The number of halogens is 1. The Morgan fingerprint density at radius 3 is 2.54 bits per heavy atom. The largest absolute Gasteiger partial charge is 0.497 e. The second-order valence-electron chi connectivity index (χ2n) is 7.97. The number of hydrogen-bond donors (Lipinski definition) is 1. The van der Waals surface area contributed by atoms with Crippen molar-refractivity contribution in [2.45, 2.75) is 0 Å². The highest BCUT2D eigenvalue weighted by atomic mass is 35.5. The number of pyridine rings is 1. The van der Waals surface area contributed by atoms with Crippen LogP contribution in [0.1, 0.15) is 15.9 Å². The second kappa shape index (κ2) is 12.1. The zero-order chi connectivity index (χ0) is 26.2. The zero-order valence-corrected chi connectivity index (χ0v) is 21.5. The predicted molar refractivity (Wildman–Crippen MR) is 147 cm³/mol. The molecule has 37 heavy (non-hydrogen) atoms. The van der Waals surface area contributed by atoms with Crippen LogP contribution >= 0.6 is 11.6 Å². The Labute approximate surface area is 220 Å². The maximum atomic E-state index is 12.7. The molecule has 4 rings (SSSR count). The smallest absolute Gasteiger partial charge is 0.189 e. The average Bonchev–Trinajstić information content (AvgIpc) is 2.93. The lowest BCUT2D eigenvalue weighted by Gasteiger charge is -2.13. The molecule has 0 saturated carbocycles. The SMILES string of the molecule is COc1ccc(C(=O)/C=C/c2ccc(OCCNc3ccnc4cc(Cl)ccc34)c(OC)c2)c(OC)c1. The van der Waals surface area contributed by atoms with Gasteiger partial charge in [-0.25, -0.2) is 0 Å². The minimum absolute atomic E-state index is 0.184. The van der Waals surface area contributed by atoms with Crippen molar-refractivity contribution in [3.8, 4) is 23.0 Å². The number of carbonyl (C=O) groups excluding carboxylic acids is 1. The van der Waals surface area contributed by atoms with E-state index in [1.807, 2.05) is 42.5 Å². The summed E-state index contributed by atoms with van der Waals surface area (Å²) in [7, 11) is 4.66. The van der Waals surface area contributed by atoms with E-state index in [-0.39, 0.29) is 5.78 Å². The highest BCUT2D eigenvalue weighted by Gasteiger charge is 2.11. The number of hydrogen-bond acceptors (Lipinski definition) is 7. The molecule has 0 spiro atoms. The fourth-order valence-electron chi connectivity index (χ4n) is 3.79. The molecule has 0 aliphatic heterocycles. The molecule has 0 aliphatic rings. The topological polar surface area (TPSA) is 78.9 Å². The van der Waals surface area contributed by atoms with Gasteiger partial charge in [-0.3, -0.25) is 9.78 Å². The van der Waals surface area contributed by atoms with E-state index in [1.54, 1.807) is 44.7 Å². The summed E-state index contributed by atoms with van der Waals surface area (Å²) in [6.45, 7) is 0.990. The van der Waals surface area contributed by atoms with Crippen LogP contribution in [0.5, 0.6) is 23.0 Å². The lowest BCUT2D eigenvalue weighted by molar-refractivity contribution is 0.104. The van der Waals surface area contributed by atoms with Gasteiger partial charge in [0, 0.05) is 34.9 Å². The van der Waals surface area contributed by atoms with E-state index in [9.17, 15) is 4.79 Å². The molecule has 1 N–H and O–H groups in total. The van der Waals surface area contributed by atoms with Crippen molar-refractivity contribution in [2.24, 2.45) is 0 Å². The van der Waals surface area contributed by atoms with Gasteiger partial charge in [0.1, 0.15) is 18.1 Å². The number of rotatable bonds is 11. The van der Waals surface area contributed by atoms with Crippen LogP contribution in [0.4, 0.5) is 5.69 Å². The third kappa shape index (κ3) is 6.32. The zero-order valence-electron chi connectivity index (χ0n) is 20.8. The van der Waals surface area contributed by atoms with Gasteiger partial charge in [-0.15, -0.1) is 0 Å². The molecule has 7 nitrogen and oxygen atoms in total. The van der Waals surface area contributed by atoms with Gasteiger partial charge in [-0.2, -0.15) is 0 Å². The summed E-state index contributed by atoms with van der Waals surface area (Å²) in [6, 6.07) is 18.1. The molecule has 0 atom stereocenters. The van der Waals surface area contributed by atoms with Crippen molar-refractivity contribution < 1.29 is 23.7 Å². The van der Waals surface area contributed by atoms with Crippen molar-refractivity contribution in [1.82, 2.24) is 4.98 Å². The molecule has 8 heteroatoms. The number of allylic oxidation sites excluding steroid dienone is 1. The summed E-state index contributed by atoms with van der Waals surface area (Å²) in [5.41, 5.74) is 3.03. The molecule has 0 radical (unpaired) electrons. The lowest BCUT2D eigenvalue weighted by Crippen LogP contribution is -2.12. The third-order valence-electron chi connectivity index (χ3n) is 5.67. The van der Waals surface area contributed by atoms with E-state index in [1.165, 1.54) is 13.2 Å². The molecular weight excluding hydrogens is 492 g/mol. The summed E-state index contributed by atoms with van der Waals surface area (Å²) < 4.78 is 22.0. The summed E-state index contributed by atoms with van der Waals surface area (Å²) in [5, 5.41) is 5.01. The molecule has 4 aromatic rings. The Morgan fingerprint density at radius 1 is 0.919 bits per heavy atom. The summed E-state index contributed by atoms with van der Waals surface area (Å²) >= 11 is 6.07. The molecule has 0 aliphatic carbocycles. The van der Waals surface area contributed by atoms with Gasteiger partial charge < -0.3 is 24.3 Å². The molecule has 0 unspecified atom stereocenters. The van der Waals surface area contributed by atoms with Crippen molar-refractivity contribution >= 4 is 40.1 Å². The Hall–Kier alpha value is -4.23. The highest BCUT2D eigenvalue weighted by molar-refractivity contribution is 6.31. The van der Waals surface area contributed by atoms with Crippen LogP contribution in [-0.2, 0) is 0 Å². The molecule has 0 amide bonds. The van der Waals surface area contributed by atoms with E-state index in [0.717, 1.165) is 22.2 Å². The first-order valence-corrected chi connectivity index (χ1v) is 11.9. The van der Waals surface area contributed by atoms with Crippen LogP contribution in [0.15, 0.2) is 72.9 Å². The lowest BCUT2D eigenvalue weighted by atomic mass is 10.1. The monoisotopic (exact) mass is 518 g/mol. The molecule has 0 saturated heterocycles. The number of ketones is 1. The number of nitrogens with one attached hydrogen (secondary N) is 1. The van der Waals surface area contributed by atoms with Crippen molar-refractivity contribution in [2.75, 3.05) is 39.8 Å². The highest BCUT2D eigenvalue weighted by Crippen LogP contribution is 2.30. The van der Waals surface area contributed by atoms with Crippen LogP contribution in [0, 0.1) is 0 Å². The fourth-order valence-corrected chi connectivity index (χ4v) is 3.96. The molecule has 190 valence electrons. The predicted octanol–water partition coefficient (Wildman–Crippen LogP) is 6.30. The fraction of sp³-hybridized carbons (Fsp3) is 0.172. The van der Waals surface area contributed by atoms with Gasteiger partial charge in [0.2, 0.25) is 0 Å². The number of methoxy groups -OCH3 is 3. The van der Waals surface area contributed by atoms with Gasteiger partial charge in [0.15, 0.2) is 17.3 Å². The van der Waals surface area contributed by atoms with Crippen molar-refractivity contribution in [1.29, 1.82) is 0 Å². The maximum Gasteiger partial charge on any atom is 0.189 e. The quantitative estimate of drug-likeness (QED) is 0.142. The Balaban J connectivity index is 1.38. The molecule has 1 heterocycles. The number of nitrogens with zero attached hydrogens (tertiary/aromatic N) is 1. The summed E-state index contributed by atoms with van der Waals surface area (Å²) in [4.78, 5) is 17.1. The summed E-state index contributed by atoms with van der Waals surface area (Å²) in [5.74, 6) is 2.06. The summed E-state index contributed by atoms with van der Waals surface area (Å²) in [6.07, 6.45) is 4.96. The Morgan fingerprint density at radius 2 is 1.76 bits per heavy atom. The number of benzene rings is 3. The molecule has 0 bridgehead atoms. The number of aromatic nitrogens is 1. The Kier molecular flexibility index (Phi) is 8.48. The van der Waals surface area contributed by atoms with Crippen LogP contribution in [-0.4, -0.2) is 45.2 Å². The van der Waals surface area contributed by atoms with Crippen molar-refractivity contribution in [3.63, 3.8) is 0 Å². The van der Waals surface area contributed by atoms with Crippen molar-refractivity contribution in [3.05, 3.63) is 89.1 Å². The molecule has 0 fully saturated rings. The van der Waals surface area contributed by atoms with E-state index in [2.05, 4.69) is 10.3 Å². The van der Waals surface area contributed by atoms with Gasteiger partial charge in [0.05, 0.1) is 32.4 Å². The maximum absolute atomic E-state index is 12.7. The number of ether oxygens (including phenoxy) is 4. The molecular formula is C29H27ClN2O5. The number of fused-ring (bicyclic) bond motifs is 1. The minimum atomic E-state index is -0.184. The normalized spacial score (nSPS) is 10.9. The first kappa shape index (κ1) is 25.9. The molecule has 3 aromatic carbocycles. The van der Waals surface area contributed by atoms with E-state index in [4.69, 9.17) is 30.5 Å². The van der Waals surface area contributed by atoms with E-state index in [0.29, 0.717) is 46.7 Å².